The van der Waals surface area contributed by atoms with Crippen LogP contribution >= 0.6 is 0 Å². The first-order chi connectivity index (χ1) is 11.6. The molecule has 0 atom stereocenters. The number of rotatable bonds is 1. The Morgan fingerprint density at radius 3 is 3.08 bits per heavy atom. The summed E-state index contributed by atoms with van der Waals surface area (Å²) in [6, 6.07) is 4.03. The third kappa shape index (κ3) is 2.33. The number of ether oxygens (including phenoxy) is 1. The molecule has 3 heterocycles. The summed E-state index contributed by atoms with van der Waals surface area (Å²) in [4.78, 5) is 26.6. The predicted molar refractivity (Wildman–Crippen MR) is 82.9 cm³/mol. The Labute approximate surface area is 137 Å². The maximum atomic E-state index is 13.6. The van der Waals surface area contributed by atoms with E-state index in [0.29, 0.717) is 36.8 Å². The van der Waals surface area contributed by atoms with E-state index in [1.807, 2.05) is 0 Å². The highest BCUT2D eigenvalue weighted by Gasteiger charge is 2.32. The van der Waals surface area contributed by atoms with Crippen LogP contribution in [0.15, 0.2) is 28.9 Å². The fourth-order valence-electron chi connectivity index (χ4n) is 3.07. The van der Waals surface area contributed by atoms with Gasteiger partial charge in [-0.1, -0.05) is 0 Å². The van der Waals surface area contributed by atoms with Crippen LogP contribution in [0.25, 0.3) is 0 Å². The summed E-state index contributed by atoms with van der Waals surface area (Å²) in [5.41, 5.74) is 0.832. The van der Waals surface area contributed by atoms with E-state index in [1.54, 1.807) is 0 Å². The number of amides is 2. The summed E-state index contributed by atoms with van der Waals surface area (Å²) >= 11 is 0. The number of anilines is 1. The third-order valence-corrected chi connectivity index (χ3v) is 4.22. The lowest BCUT2D eigenvalue weighted by Crippen LogP contribution is -2.39. The van der Waals surface area contributed by atoms with Gasteiger partial charge in [0.15, 0.2) is 0 Å². The minimum absolute atomic E-state index is 0.196. The number of hydrogen-bond acceptors (Lipinski definition) is 4. The summed E-state index contributed by atoms with van der Waals surface area (Å²) in [6.07, 6.45) is 2.66. The van der Waals surface area contributed by atoms with E-state index in [2.05, 4.69) is 5.32 Å². The SMILES string of the molecule is O=C1NCCCc2occ(C(=O)N3CCOc4ccc(F)cc43)c21. The highest BCUT2D eigenvalue weighted by molar-refractivity contribution is 6.14. The van der Waals surface area contributed by atoms with Gasteiger partial charge in [-0.25, -0.2) is 4.39 Å². The average Bonchev–Trinajstić information content (AvgIpc) is 2.93. The molecule has 1 N–H and O–H groups in total. The van der Waals surface area contributed by atoms with Crippen LogP contribution in [0, 0.1) is 5.82 Å². The number of hydrogen-bond donors (Lipinski definition) is 1. The number of benzene rings is 1. The quantitative estimate of drug-likeness (QED) is 0.869. The van der Waals surface area contributed by atoms with Gasteiger partial charge in [-0.3, -0.25) is 9.59 Å². The van der Waals surface area contributed by atoms with E-state index >= 15 is 0 Å². The van der Waals surface area contributed by atoms with Gasteiger partial charge in [-0.05, 0) is 18.6 Å². The van der Waals surface area contributed by atoms with E-state index in [4.69, 9.17) is 9.15 Å². The van der Waals surface area contributed by atoms with E-state index in [-0.39, 0.29) is 23.6 Å². The van der Waals surface area contributed by atoms with Crippen LogP contribution in [0.5, 0.6) is 5.75 Å². The predicted octanol–water partition coefficient (Wildman–Crippen LogP) is 2.13. The fourth-order valence-corrected chi connectivity index (χ4v) is 3.07. The minimum Gasteiger partial charge on any atom is -0.490 e. The van der Waals surface area contributed by atoms with E-state index in [1.165, 1.54) is 29.4 Å². The molecule has 7 heteroatoms. The molecular weight excluding hydrogens is 315 g/mol. The summed E-state index contributed by atoms with van der Waals surface area (Å²) in [7, 11) is 0. The molecule has 1 aromatic carbocycles. The van der Waals surface area contributed by atoms with Gasteiger partial charge in [0.2, 0.25) is 0 Å². The molecule has 0 radical (unpaired) electrons. The first-order valence-electron chi connectivity index (χ1n) is 7.78. The van der Waals surface area contributed by atoms with Crippen molar-refractivity contribution >= 4 is 17.5 Å². The van der Waals surface area contributed by atoms with Crippen molar-refractivity contribution in [1.82, 2.24) is 5.32 Å². The fraction of sp³-hybridized carbons (Fsp3) is 0.294. The molecule has 124 valence electrons. The summed E-state index contributed by atoms with van der Waals surface area (Å²) in [5.74, 6) is -0.212. The number of aryl methyl sites for hydroxylation is 1. The minimum atomic E-state index is -0.458. The summed E-state index contributed by atoms with van der Waals surface area (Å²) in [5, 5.41) is 2.76. The van der Waals surface area contributed by atoms with Gasteiger partial charge in [0.05, 0.1) is 23.4 Å². The van der Waals surface area contributed by atoms with Crippen LogP contribution in [-0.4, -0.2) is 31.5 Å². The standard InChI is InChI=1S/C17H15FN2O4/c18-10-3-4-13-12(8-10)20(6-7-23-13)17(22)11-9-24-14-2-1-5-19-16(21)15(11)14/h3-4,8-9H,1-2,5-7H2,(H,19,21). The number of nitrogens with one attached hydrogen (secondary N) is 1. The molecule has 0 aliphatic carbocycles. The van der Waals surface area contributed by atoms with Crippen molar-refractivity contribution in [3.8, 4) is 5.75 Å². The van der Waals surface area contributed by atoms with Crippen molar-refractivity contribution in [1.29, 1.82) is 0 Å². The Bertz CT molecular complexity index is 830. The number of halogens is 1. The molecule has 0 saturated carbocycles. The Hall–Kier alpha value is -2.83. The molecule has 0 spiro atoms. The average molecular weight is 330 g/mol. The molecule has 2 amide bonds. The van der Waals surface area contributed by atoms with Gasteiger partial charge in [0, 0.05) is 19.0 Å². The zero-order chi connectivity index (χ0) is 16.7. The molecule has 2 aromatic rings. The Morgan fingerprint density at radius 2 is 2.21 bits per heavy atom. The Balaban J connectivity index is 1.75. The van der Waals surface area contributed by atoms with E-state index < -0.39 is 11.7 Å². The molecule has 24 heavy (non-hydrogen) atoms. The Kier molecular flexibility index (Phi) is 3.48. The molecule has 0 fully saturated rings. The van der Waals surface area contributed by atoms with Gasteiger partial charge in [0.1, 0.15) is 30.2 Å². The number of fused-ring (bicyclic) bond motifs is 2. The number of carbonyl (C=O) groups excluding carboxylic acids is 2. The normalized spacial score (nSPS) is 16.5. The maximum absolute atomic E-state index is 13.6. The van der Waals surface area contributed by atoms with Crippen LogP contribution in [0.4, 0.5) is 10.1 Å². The molecule has 6 nitrogen and oxygen atoms in total. The first-order valence-corrected chi connectivity index (χ1v) is 7.78. The monoisotopic (exact) mass is 330 g/mol. The van der Waals surface area contributed by atoms with E-state index in [9.17, 15) is 14.0 Å². The highest BCUT2D eigenvalue weighted by Crippen LogP contribution is 2.34. The van der Waals surface area contributed by atoms with Crippen molar-refractivity contribution in [2.24, 2.45) is 0 Å². The van der Waals surface area contributed by atoms with Gasteiger partial charge in [0.25, 0.3) is 11.8 Å². The molecule has 2 aliphatic heterocycles. The molecule has 0 bridgehead atoms. The lowest BCUT2D eigenvalue weighted by molar-refractivity contribution is 0.0932. The molecule has 1 aromatic heterocycles. The second kappa shape index (κ2) is 5.67. The second-order valence-corrected chi connectivity index (χ2v) is 5.72. The van der Waals surface area contributed by atoms with Crippen molar-refractivity contribution in [2.45, 2.75) is 12.8 Å². The third-order valence-electron chi connectivity index (χ3n) is 4.22. The molecule has 0 unspecified atom stereocenters. The van der Waals surface area contributed by atoms with Crippen LogP contribution in [0.2, 0.25) is 0 Å². The van der Waals surface area contributed by atoms with Crippen molar-refractivity contribution in [3.05, 3.63) is 47.2 Å². The molecule has 2 aliphatic rings. The van der Waals surface area contributed by atoms with Crippen molar-refractivity contribution in [2.75, 3.05) is 24.6 Å². The highest BCUT2D eigenvalue weighted by atomic mass is 19.1. The van der Waals surface area contributed by atoms with Gasteiger partial charge >= 0.3 is 0 Å². The molecule has 0 saturated heterocycles. The summed E-state index contributed by atoms with van der Waals surface area (Å²) < 4.78 is 24.5. The van der Waals surface area contributed by atoms with Crippen LogP contribution < -0.4 is 15.0 Å². The number of nitrogens with zero attached hydrogens (tertiary/aromatic N) is 1. The van der Waals surface area contributed by atoms with Crippen molar-refractivity contribution < 1.29 is 23.1 Å². The second-order valence-electron chi connectivity index (χ2n) is 5.72. The van der Waals surface area contributed by atoms with Gasteiger partial charge in [-0.15, -0.1) is 0 Å². The lowest BCUT2D eigenvalue weighted by Gasteiger charge is -2.29. The topological polar surface area (TPSA) is 71.8 Å². The number of furan rings is 1. The lowest BCUT2D eigenvalue weighted by atomic mass is 10.1. The first kappa shape index (κ1) is 14.7. The van der Waals surface area contributed by atoms with Crippen LogP contribution in [-0.2, 0) is 6.42 Å². The number of carbonyl (C=O) groups is 2. The smallest absolute Gasteiger partial charge is 0.262 e. The van der Waals surface area contributed by atoms with E-state index in [0.717, 1.165) is 6.42 Å². The van der Waals surface area contributed by atoms with Gasteiger partial charge < -0.3 is 19.4 Å². The zero-order valence-corrected chi connectivity index (χ0v) is 12.8. The van der Waals surface area contributed by atoms with Crippen molar-refractivity contribution in [3.63, 3.8) is 0 Å². The Morgan fingerprint density at radius 1 is 1.33 bits per heavy atom. The summed E-state index contributed by atoms with van der Waals surface area (Å²) in [6.45, 7) is 1.12. The molecular formula is C17H15FN2O4. The molecule has 4 rings (SSSR count). The van der Waals surface area contributed by atoms with Crippen LogP contribution in [0.1, 0.15) is 32.9 Å². The largest absolute Gasteiger partial charge is 0.490 e. The maximum Gasteiger partial charge on any atom is 0.262 e. The van der Waals surface area contributed by atoms with Crippen LogP contribution in [0.3, 0.4) is 0 Å². The van der Waals surface area contributed by atoms with Gasteiger partial charge in [-0.2, -0.15) is 0 Å². The zero-order valence-electron chi connectivity index (χ0n) is 12.8.